The summed E-state index contributed by atoms with van der Waals surface area (Å²) in [6.45, 7) is 3.65. The fraction of sp³-hybridized carbons (Fsp3) is 0.250. The molecule has 0 saturated carbocycles. The van der Waals surface area contributed by atoms with Crippen molar-refractivity contribution in [3.63, 3.8) is 0 Å². The molecule has 6 nitrogen and oxygen atoms in total. The first-order valence-electron chi connectivity index (χ1n) is 11.6. The van der Waals surface area contributed by atoms with Gasteiger partial charge in [0, 0.05) is 9.64 Å². The predicted molar refractivity (Wildman–Crippen MR) is 142 cm³/mol. The molecule has 2 amide bonds. The number of β-lactam (4-membered cyclic amide) rings is 1. The number of benzene rings is 3. The molecule has 8 heteroatoms. The van der Waals surface area contributed by atoms with Gasteiger partial charge in [0.15, 0.2) is 0 Å². The SMILES string of the molecule is CC1(C)S[C@@H]2[C@H](NC(=O)C(Sc3ccccc3)(c3ccccc3)c3ccccc3)C(=O)N2[C@H]1C(=O)O. The Kier molecular flexibility index (Phi) is 6.34. The summed E-state index contributed by atoms with van der Waals surface area (Å²) < 4.78 is -1.84. The number of hydrogen-bond donors (Lipinski definition) is 2. The largest absolute Gasteiger partial charge is 0.480 e. The van der Waals surface area contributed by atoms with Crippen LogP contribution in [0.5, 0.6) is 0 Å². The van der Waals surface area contributed by atoms with E-state index in [1.54, 1.807) is 0 Å². The zero-order valence-electron chi connectivity index (χ0n) is 19.8. The van der Waals surface area contributed by atoms with Gasteiger partial charge >= 0.3 is 5.97 Å². The normalized spacial score (nSPS) is 22.4. The number of carboxylic acid groups (broad SMARTS) is 1. The number of thioether (sulfide) groups is 2. The van der Waals surface area contributed by atoms with Crippen molar-refractivity contribution in [3.05, 3.63) is 102 Å². The Bertz CT molecular complexity index is 1250. The van der Waals surface area contributed by atoms with Crippen LogP contribution >= 0.6 is 23.5 Å². The number of nitrogens with one attached hydrogen (secondary N) is 1. The van der Waals surface area contributed by atoms with Crippen LogP contribution in [0.3, 0.4) is 0 Å². The molecular formula is C28H26N2O4S2. The van der Waals surface area contributed by atoms with Gasteiger partial charge < -0.3 is 15.3 Å². The van der Waals surface area contributed by atoms with E-state index >= 15 is 0 Å². The van der Waals surface area contributed by atoms with Gasteiger partial charge in [-0.1, -0.05) is 90.6 Å². The van der Waals surface area contributed by atoms with E-state index in [4.69, 9.17) is 0 Å². The summed E-state index contributed by atoms with van der Waals surface area (Å²) >= 11 is 2.84. The summed E-state index contributed by atoms with van der Waals surface area (Å²) in [6, 6.07) is 27.1. The molecular weight excluding hydrogens is 492 g/mol. The molecule has 2 fully saturated rings. The molecule has 3 aromatic carbocycles. The maximum atomic E-state index is 14.4. The van der Waals surface area contributed by atoms with Crippen molar-refractivity contribution in [2.45, 2.75) is 45.7 Å². The summed E-state index contributed by atoms with van der Waals surface area (Å²) in [6.07, 6.45) is 0. The number of nitrogens with zero attached hydrogens (tertiary/aromatic N) is 1. The van der Waals surface area contributed by atoms with Crippen molar-refractivity contribution in [2.75, 3.05) is 0 Å². The van der Waals surface area contributed by atoms with Crippen LogP contribution < -0.4 is 5.32 Å². The minimum absolute atomic E-state index is 0.316. The quantitative estimate of drug-likeness (QED) is 0.357. The van der Waals surface area contributed by atoms with Crippen LogP contribution in [0.15, 0.2) is 95.9 Å². The number of rotatable bonds is 7. The molecule has 2 heterocycles. The second-order valence-electron chi connectivity index (χ2n) is 9.38. The lowest BCUT2D eigenvalue weighted by Gasteiger charge is -2.45. The molecule has 3 atom stereocenters. The minimum atomic E-state index is -1.17. The highest BCUT2D eigenvalue weighted by Gasteiger charge is 2.64. The summed E-state index contributed by atoms with van der Waals surface area (Å²) in [5, 5.41) is 12.4. The lowest BCUT2D eigenvalue weighted by atomic mass is 9.88. The maximum absolute atomic E-state index is 14.4. The molecule has 5 rings (SSSR count). The monoisotopic (exact) mass is 518 g/mol. The second kappa shape index (κ2) is 9.33. The van der Waals surface area contributed by atoms with Gasteiger partial charge in [-0.15, -0.1) is 11.8 Å². The zero-order chi connectivity index (χ0) is 25.5. The number of carboxylic acids is 1. The average Bonchev–Trinajstić information content (AvgIpc) is 3.15. The van der Waals surface area contributed by atoms with Crippen molar-refractivity contribution in [1.29, 1.82) is 0 Å². The number of amides is 2. The first-order chi connectivity index (χ1) is 17.3. The Hall–Kier alpha value is -3.23. The third-order valence-corrected chi connectivity index (χ3v) is 9.70. The van der Waals surface area contributed by atoms with Crippen molar-refractivity contribution in [3.8, 4) is 0 Å². The molecule has 0 unspecified atom stereocenters. The van der Waals surface area contributed by atoms with Crippen molar-refractivity contribution in [2.24, 2.45) is 0 Å². The highest BCUT2D eigenvalue weighted by Crippen LogP contribution is 2.52. The summed E-state index contributed by atoms with van der Waals surface area (Å²) in [5.74, 6) is -1.71. The fourth-order valence-electron chi connectivity index (χ4n) is 4.99. The minimum Gasteiger partial charge on any atom is -0.480 e. The van der Waals surface area contributed by atoms with Gasteiger partial charge in [-0.05, 0) is 37.1 Å². The zero-order valence-corrected chi connectivity index (χ0v) is 21.5. The van der Waals surface area contributed by atoms with Gasteiger partial charge in [0.1, 0.15) is 22.2 Å². The van der Waals surface area contributed by atoms with Crippen molar-refractivity contribution < 1.29 is 19.5 Å². The van der Waals surface area contributed by atoms with E-state index in [9.17, 15) is 19.5 Å². The Balaban J connectivity index is 1.56. The number of carbonyl (C=O) groups is 3. The molecule has 2 N–H and O–H groups in total. The van der Waals surface area contributed by atoms with Crippen LogP contribution in [-0.2, 0) is 19.1 Å². The van der Waals surface area contributed by atoms with Crippen LogP contribution in [0, 0.1) is 0 Å². The number of hydrogen-bond acceptors (Lipinski definition) is 5. The predicted octanol–water partition coefficient (Wildman–Crippen LogP) is 4.35. The highest BCUT2D eigenvalue weighted by molar-refractivity contribution is 8.01. The van der Waals surface area contributed by atoms with Gasteiger partial charge in [-0.2, -0.15) is 0 Å². The van der Waals surface area contributed by atoms with Crippen molar-refractivity contribution in [1.82, 2.24) is 10.2 Å². The van der Waals surface area contributed by atoms with Crippen molar-refractivity contribution >= 4 is 41.3 Å². The van der Waals surface area contributed by atoms with E-state index in [0.29, 0.717) is 0 Å². The Labute approximate surface area is 218 Å². The number of fused-ring (bicyclic) bond motifs is 1. The van der Waals surface area contributed by atoms with Gasteiger partial charge in [0.05, 0.1) is 0 Å². The van der Waals surface area contributed by atoms with Gasteiger partial charge in [-0.25, -0.2) is 4.79 Å². The first-order valence-corrected chi connectivity index (χ1v) is 13.3. The molecule has 0 radical (unpaired) electrons. The molecule has 0 bridgehead atoms. The smallest absolute Gasteiger partial charge is 0.327 e. The van der Waals surface area contributed by atoms with Crippen LogP contribution in [0.1, 0.15) is 25.0 Å². The highest BCUT2D eigenvalue weighted by atomic mass is 32.2. The summed E-state index contributed by atoms with van der Waals surface area (Å²) in [7, 11) is 0. The number of carbonyl (C=O) groups excluding carboxylic acids is 2. The van der Waals surface area contributed by atoms with Crippen LogP contribution in [0.2, 0.25) is 0 Å². The molecule has 2 aliphatic heterocycles. The number of aliphatic carboxylic acids is 1. The first kappa shape index (κ1) is 24.5. The van der Waals surface area contributed by atoms with E-state index in [-0.39, 0.29) is 11.8 Å². The van der Waals surface area contributed by atoms with Crippen LogP contribution in [-0.4, -0.2) is 50.0 Å². The molecule has 0 spiro atoms. The summed E-state index contributed by atoms with van der Waals surface area (Å²) in [4.78, 5) is 41.7. The fourth-order valence-corrected chi connectivity index (χ4v) is 7.92. The maximum Gasteiger partial charge on any atom is 0.327 e. The molecule has 2 saturated heterocycles. The van der Waals surface area contributed by atoms with E-state index in [2.05, 4.69) is 5.32 Å². The average molecular weight is 519 g/mol. The van der Waals surface area contributed by atoms with Gasteiger partial charge in [-0.3, -0.25) is 9.59 Å². The standard InChI is InChI=1S/C28H26N2O4S2/c1-27(2)22(25(32)33)30-23(31)21(24(30)36-27)29-26(34)28(18-12-6-3-7-13-18,19-14-8-4-9-15-19)35-20-16-10-5-11-17-20/h3-17,21-22,24H,1-2H3,(H,29,34)(H,32,33)/t21-,22+,24-/m1/s1. The Morgan fingerprint density at radius 2 is 1.42 bits per heavy atom. The molecule has 0 aliphatic carbocycles. The van der Waals surface area contributed by atoms with Gasteiger partial charge in [0.2, 0.25) is 11.8 Å². The lowest BCUT2D eigenvalue weighted by Crippen LogP contribution is -2.71. The molecule has 3 aromatic rings. The van der Waals surface area contributed by atoms with E-state index in [1.807, 2.05) is 105 Å². The lowest BCUT2D eigenvalue weighted by molar-refractivity contribution is -0.161. The molecule has 2 aliphatic rings. The molecule has 184 valence electrons. The van der Waals surface area contributed by atoms with E-state index < -0.39 is 32.9 Å². The topological polar surface area (TPSA) is 86.7 Å². The van der Waals surface area contributed by atoms with Gasteiger partial charge in [0.25, 0.3) is 0 Å². The van der Waals surface area contributed by atoms with E-state index in [0.717, 1.165) is 16.0 Å². The third kappa shape index (κ3) is 3.98. The summed E-state index contributed by atoms with van der Waals surface area (Å²) in [5.41, 5.74) is 1.57. The van der Waals surface area contributed by atoms with Crippen LogP contribution in [0.25, 0.3) is 0 Å². The third-order valence-electron chi connectivity index (χ3n) is 6.66. The Morgan fingerprint density at radius 3 is 1.92 bits per heavy atom. The Morgan fingerprint density at radius 1 is 0.917 bits per heavy atom. The van der Waals surface area contributed by atoms with Crippen LogP contribution in [0.4, 0.5) is 0 Å². The van der Waals surface area contributed by atoms with E-state index in [1.165, 1.54) is 28.4 Å². The molecule has 36 heavy (non-hydrogen) atoms. The molecule has 0 aromatic heterocycles. The second-order valence-corrected chi connectivity index (χ2v) is 12.4.